The third-order valence-electron chi connectivity index (χ3n) is 4.89. The van der Waals surface area contributed by atoms with Crippen LogP contribution in [0.5, 0.6) is 0 Å². The summed E-state index contributed by atoms with van der Waals surface area (Å²) in [5, 5.41) is 9.27. The molecule has 0 saturated carbocycles. The van der Waals surface area contributed by atoms with E-state index in [0.717, 1.165) is 19.3 Å². The maximum atomic E-state index is 12.9. The van der Waals surface area contributed by atoms with E-state index in [1.807, 2.05) is 6.92 Å². The number of benzene rings is 1. The van der Waals surface area contributed by atoms with Crippen LogP contribution in [0.1, 0.15) is 47.0 Å². The van der Waals surface area contributed by atoms with Crippen LogP contribution in [0.4, 0.5) is 5.69 Å². The molecule has 12 heteroatoms. The average molecular weight is 488 g/mol. The first kappa shape index (κ1) is 23.5. The normalized spacial score (nSPS) is 14.6. The van der Waals surface area contributed by atoms with Gasteiger partial charge >= 0.3 is 0 Å². The molecule has 9 nitrogen and oxygen atoms in total. The Morgan fingerprint density at radius 1 is 1.13 bits per heavy atom. The molecule has 0 unspecified atom stereocenters. The lowest BCUT2D eigenvalue weighted by molar-refractivity contribution is 0.0945. The van der Waals surface area contributed by atoms with Gasteiger partial charge in [0.1, 0.15) is 10.6 Å². The Bertz CT molecular complexity index is 1110. The molecule has 3 rings (SSSR count). The molecule has 1 aliphatic rings. The topological polar surface area (TPSA) is 113 Å². The average Bonchev–Trinajstić information content (AvgIpc) is 3.36. The second-order valence-corrected chi connectivity index (χ2v) is 9.83. The molecule has 31 heavy (non-hydrogen) atoms. The molecule has 2 heterocycles. The monoisotopic (exact) mass is 487 g/mol. The molecule has 2 amide bonds. The number of carbonyl (C=O) groups is 2. The van der Waals surface area contributed by atoms with Crippen LogP contribution in [0.3, 0.4) is 0 Å². The molecule has 0 atom stereocenters. The molecule has 0 aliphatic carbocycles. The van der Waals surface area contributed by atoms with Crippen molar-refractivity contribution in [2.75, 3.05) is 25.0 Å². The van der Waals surface area contributed by atoms with Gasteiger partial charge in [0.2, 0.25) is 10.0 Å². The number of anilines is 1. The van der Waals surface area contributed by atoms with E-state index < -0.39 is 21.8 Å². The van der Waals surface area contributed by atoms with E-state index in [2.05, 4.69) is 15.7 Å². The summed E-state index contributed by atoms with van der Waals surface area (Å²) in [4.78, 5) is 25.2. The summed E-state index contributed by atoms with van der Waals surface area (Å²) in [7, 11) is -2.28. The fourth-order valence-electron chi connectivity index (χ4n) is 3.28. The zero-order chi connectivity index (χ0) is 22.8. The Labute approximate surface area is 190 Å². The van der Waals surface area contributed by atoms with Gasteiger partial charge in [-0.05, 0) is 31.4 Å². The number of aromatic nitrogens is 2. The highest BCUT2D eigenvalue weighted by Gasteiger charge is 2.31. The smallest absolute Gasteiger partial charge is 0.271 e. The third-order valence-corrected chi connectivity index (χ3v) is 7.56. The van der Waals surface area contributed by atoms with Gasteiger partial charge in [0, 0.05) is 26.7 Å². The SMILES string of the molecule is CCCNC(=O)c1c(NC(=O)c2cc(S(=O)(=O)N3CCCC3)c(Cl)cc2Cl)cnn1C. The molecule has 1 fully saturated rings. The highest BCUT2D eigenvalue weighted by molar-refractivity contribution is 7.89. The summed E-state index contributed by atoms with van der Waals surface area (Å²) in [5.41, 5.74) is 0.264. The van der Waals surface area contributed by atoms with Crippen LogP contribution in [0.2, 0.25) is 10.0 Å². The summed E-state index contributed by atoms with van der Waals surface area (Å²) in [5.74, 6) is -1.08. The summed E-state index contributed by atoms with van der Waals surface area (Å²) in [6.07, 6.45) is 3.62. The quantitative estimate of drug-likeness (QED) is 0.622. The molecule has 1 aliphatic heterocycles. The maximum Gasteiger partial charge on any atom is 0.271 e. The van der Waals surface area contributed by atoms with E-state index in [-0.39, 0.29) is 31.9 Å². The Morgan fingerprint density at radius 2 is 1.81 bits per heavy atom. The van der Waals surface area contributed by atoms with Crippen LogP contribution in [0, 0.1) is 0 Å². The molecule has 0 radical (unpaired) electrons. The zero-order valence-electron chi connectivity index (χ0n) is 17.1. The molecule has 1 aromatic heterocycles. The number of hydrogen-bond donors (Lipinski definition) is 2. The van der Waals surface area contributed by atoms with Crippen molar-refractivity contribution in [2.45, 2.75) is 31.1 Å². The highest BCUT2D eigenvalue weighted by Crippen LogP contribution is 2.32. The van der Waals surface area contributed by atoms with Crippen molar-refractivity contribution >= 4 is 50.7 Å². The van der Waals surface area contributed by atoms with E-state index in [1.165, 1.54) is 27.3 Å². The fourth-order valence-corrected chi connectivity index (χ4v) is 5.63. The Morgan fingerprint density at radius 3 is 2.45 bits per heavy atom. The summed E-state index contributed by atoms with van der Waals surface area (Å²) < 4.78 is 28.6. The van der Waals surface area contributed by atoms with Crippen molar-refractivity contribution < 1.29 is 18.0 Å². The van der Waals surface area contributed by atoms with Gasteiger partial charge in [-0.3, -0.25) is 14.3 Å². The predicted molar refractivity (Wildman–Crippen MR) is 118 cm³/mol. The van der Waals surface area contributed by atoms with Crippen molar-refractivity contribution in [3.8, 4) is 0 Å². The zero-order valence-corrected chi connectivity index (χ0v) is 19.4. The first-order valence-corrected chi connectivity index (χ1v) is 12.0. The van der Waals surface area contributed by atoms with Crippen LogP contribution in [0.15, 0.2) is 23.2 Å². The molecule has 168 valence electrons. The molecular weight excluding hydrogens is 465 g/mol. The molecule has 0 spiro atoms. The third kappa shape index (κ3) is 4.87. The van der Waals surface area contributed by atoms with Crippen LogP contribution in [0.25, 0.3) is 0 Å². The minimum atomic E-state index is -3.86. The number of hydrogen-bond acceptors (Lipinski definition) is 5. The van der Waals surface area contributed by atoms with Gasteiger partial charge in [0.25, 0.3) is 11.8 Å². The summed E-state index contributed by atoms with van der Waals surface area (Å²) in [6, 6.07) is 2.40. The second kappa shape index (κ2) is 9.56. The highest BCUT2D eigenvalue weighted by atomic mass is 35.5. The van der Waals surface area contributed by atoms with Gasteiger partial charge in [-0.1, -0.05) is 30.1 Å². The van der Waals surface area contributed by atoms with Gasteiger partial charge in [0.05, 0.1) is 27.5 Å². The minimum absolute atomic E-state index is 0.0104. The molecule has 1 saturated heterocycles. The number of sulfonamides is 1. The number of aryl methyl sites for hydroxylation is 1. The lowest BCUT2D eigenvalue weighted by atomic mass is 10.2. The van der Waals surface area contributed by atoms with E-state index in [4.69, 9.17) is 23.2 Å². The number of carbonyl (C=O) groups excluding carboxylic acids is 2. The van der Waals surface area contributed by atoms with E-state index >= 15 is 0 Å². The molecule has 2 N–H and O–H groups in total. The molecule has 0 bridgehead atoms. The van der Waals surface area contributed by atoms with Gasteiger partial charge < -0.3 is 10.6 Å². The Hall–Kier alpha value is -2.14. The first-order valence-electron chi connectivity index (χ1n) is 9.77. The first-order chi connectivity index (χ1) is 14.7. The largest absolute Gasteiger partial charge is 0.351 e. The number of amides is 2. The lowest BCUT2D eigenvalue weighted by Crippen LogP contribution is -2.29. The van der Waals surface area contributed by atoms with Gasteiger partial charge in [-0.15, -0.1) is 0 Å². The van der Waals surface area contributed by atoms with Crippen molar-refractivity contribution in [1.82, 2.24) is 19.4 Å². The Balaban J connectivity index is 1.92. The van der Waals surface area contributed by atoms with Crippen LogP contribution in [-0.4, -0.2) is 54.0 Å². The van der Waals surface area contributed by atoms with Crippen molar-refractivity contribution in [2.24, 2.45) is 7.05 Å². The number of nitrogens with zero attached hydrogens (tertiary/aromatic N) is 3. The molecule has 2 aromatic rings. The molecular formula is C19H23Cl2N5O4S. The van der Waals surface area contributed by atoms with Crippen molar-refractivity contribution in [1.29, 1.82) is 0 Å². The van der Waals surface area contributed by atoms with Gasteiger partial charge in [-0.2, -0.15) is 9.40 Å². The predicted octanol–water partition coefficient (Wildman–Crippen LogP) is 2.90. The fraction of sp³-hybridized carbons (Fsp3) is 0.421. The van der Waals surface area contributed by atoms with Crippen molar-refractivity contribution in [3.63, 3.8) is 0 Å². The van der Waals surface area contributed by atoms with E-state index in [1.54, 1.807) is 7.05 Å². The van der Waals surface area contributed by atoms with Gasteiger partial charge in [0.15, 0.2) is 0 Å². The summed E-state index contributed by atoms with van der Waals surface area (Å²) >= 11 is 12.4. The minimum Gasteiger partial charge on any atom is -0.351 e. The lowest BCUT2D eigenvalue weighted by Gasteiger charge is -2.17. The van der Waals surface area contributed by atoms with Gasteiger partial charge in [-0.25, -0.2) is 8.42 Å². The maximum absolute atomic E-state index is 12.9. The van der Waals surface area contributed by atoms with E-state index in [9.17, 15) is 18.0 Å². The van der Waals surface area contributed by atoms with Crippen LogP contribution in [-0.2, 0) is 17.1 Å². The Kier molecular flexibility index (Phi) is 7.25. The van der Waals surface area contributed by atoms with Crippen molar-refractivity contribution in [3.05, 3.63) is 39.6 Å². The van der Waals surface area contributed by atoms with Crippen LogP contribution >= 0.6 is 23.2 Å². The number of halogens is 2. The summed E-state index contributed by atoms with van der Waals surface area (Å²) in [6.45, 7) is 3.18. The standard InChI is InChI=1S/C19H23Cl2N5O4S/c1-3-6-22-19(28)17-15(11-23-25(17)2)24-18(27)12-9-16(14(21)10-13(12)20)31(29,30)26-7-4-5-8-26/h9-11H,3-8H2,1-2H3,(H,22,28)(H,24,27). The number of rotatable bonds is 7. The molecule has 1 aromatic carbocycles. The van der Waals surface area contributed by atoms with Crippen LogP contribution < -0.4 is 10.6 Å². The van der Waals surface area contributed by atoms with E-state index in [0.29, 0.717) is 19.6 Å². The second-order valence-electron chi connectivity index (χ2n) is 7.11. The number of nitrogens with one attached hydrogen (secondary N) is 2.